The van der Waals surface area contributed by atoms with E-state index in [4.69, 9.17) is 0 Å². The van der Waals surface area contributed by atoms with Crippen molar-refractivity contribution in [1.82, 2.24) is 10.3 Å². The molecule has 1 unspecified atom stereocenters. The normalized spacial score (nSPS) is 18.1. The van der Waals surface area contributed by atoms with Crippen LogP contribution in [0.3, 0.4) is 0 Å². The van der Waals surface area contributed by atoms with Gasteiger partial charge in [-0.3, -0.25) is 0 Å². The van der Waals surface area contributed by atoms with Gasteiger partial charge in [0.1, 0.15) is 0 Å². The molecule has 1 aromatic rings. The largest absolute Gasteiger partial charge is 0.314 e. The molecule has 0 bridgehead atoms. The molecule has 1 atom stereocenters. The summed E-state index contributed by atoms with van der Waals surface area (Å²) in [6.45, 7) is 9.60. The Labute approximate surface area is 104 Å². The highest BCUT2D eigenvalue weighted by atomic mass is 32.1. The summed E-state index contributed by atoms with van der Waals surface area (Å²) in [5.41, 5.74) is 0. The van der Waals surface area contributed by atoms with E-state index >= 15 is 0 Å². The lowest BCUT2D eigenvalue weighted by Crippen LogP contribution is -2.19. The van der Waals surface area contributed by atoms with Crippen LogP contribution in [0.15, 0.2) is 11.6 Å². The van der Waals surface area contributed by atoms with Crippen molar-refractivity contribution in [3.63, 3.8) is 0 Å². The Morgan fingerprint density at radius 2 is 2.19 bits per heavy atom. The zero-order chi connectivity index (χ0) is 12.2. The second-order valence-corrected chi connectivity index (χ2v) is 4.46. The molecule has 0 saturated carbocycles. The Hall–Kier alpha value is -0.410. The molecule has 0 aliphatic carbocycles. The standard InChI is InChI=1S/C6H13N.C5H7NS.C2H6/c1-2-6-4-3-5-7-6;1-2-5-6-3-4-7-5;1-2/h6-7H,2-5H2,1H3;3-4H,2H2,1H3;1-2H3. The summed E-state index contributed by atoms with van der Waals surface area (Å²) in [6.07, 6.45) is 7.00. The third kappa shape index (κ3) is 6.96. The number of aryl methyl sites for hydroxylation is 1. The van der Waals surface area contributed by atoms with Gasteiger partial charge in [-0.05, 0) is 32.2 Å². The molecule has 1 aliphatic heterocycles. The first kappa shape index (κ1) is 15.6. The van der Waals surface area contributed by atoms with E-state index < -0.39 is 0 Å². The van der Waals surface area contributed by atoms with Crippen LogP contribution in [0, 0.1) is 0 Å². The van der Waals surface area contributed by atoms with Crippen LogP contribution in [0.25, 0.3) is 0 Å². The van der Waals surface area contributed by atoms with Gasteiger partial charge in [0.15, 0.2) is 0 Å². The average molecular weight is 242 g/mol. The second-order valence-electron chi connectivity index (χ2n) is 3.48. The van der Waals surface area contributed by atoms with E-state index in [1.807, 2.05) is 25.4 Å². The van der Waals surface area contributed by atoms with Crippen LogP contribution in [0.2, 0.25) is 0 Å². The van der Waals surface area contributed by atoms with E-state index in [0.717, 1.165) is 12.5 Å². The first-order valence-corrected chi connectivity index (χ1v) is 7.36. The van der Waals surface area contributed by atoms with Gasteiger partial charge in [-0.1, -0.05) is 27.7 Å². The first-order valence-electron chi connectivity index (χ1n) is 6.48. The van der Waals surface area contributed by atoms with Crippen LogP contribution >= 0.6 is 11.3 Å². The predicted molar refractivity (Wildman–Crippen MR) is 74.2 cm³/mol. The monoisotopic (exact) mass is 242 g/mol. The van der Waals surface area contributed by atoms with Crippen molar-refractivity contribution in [1.29, 1.82) is 0 Å². The molecule has 0 spiro atoms. The van der Waals surface area contributed by atoms with Crippen molar-refractivity contribution in [2.75, 3.05) is 6.54 Å². The van der Waals surface area contributed by atoms with Crippen LogP contribution in [0.1, 0.15) is 52.0 Å². The van der Waals surface area contributed by atoms with Gasteiger partial charge in [-0.15, -0.1) is 11.3 Å². The summed E-state index contributed by atoms with van der Waals surface area (Å²) in [7, 11) is 0. The Morgan fingerprint density at radius 1 is 1.44 bits per heavy atom. The van der Waals surface area contributed by atoms with Gasteiger partial charge in [0.25, 0.3) is 0 Å². The van der Waals surface area contributed by atoms with Gasteiger partial charge >= 0.3 is 0 Å². The first-order chi connectivity index (χ1) is 7.86. The highest BCUT2D eigenvalue weighted by molar-refractivity contribution is 7.09. The van der Waals surface area contributed by atoms with E-state index in [0.29, 0.717) is 0 Å². The molecular formula is C13H26N2S. The molecule has 2 nitrogen and oxygen atoms in total. The zero-order valence-electron chi connectivity index (χ0n) is 11.1. The minimum absolute atomic E-state index is 0.847. The topological polar surface area (TPSA) is 24.9 Å². The van der Waals surface area contributed by atoms with Crippen molar-refractivity contribution in [2.45, 2.75) is 59.4 Å². The molecule has 16 heavy (non-hydrogen) atoms. The SMILES string of the molecule is CC.CCC1CCCN1.CCc1nccs1. The molecule has 2 rings (SSSR count). The lowest BCUT2D eigenvalue weighted by Gasteiger charge is -2.02. The van der Waals surface area contributed by atoms with Gasteiger partial charge in [0.2, 0.25) is 0 Å². The Kier molecular flexibility index (Phi) is 10.8. The van der Waals surface area contributed by atoms with Gasteiger partial charge in [0.05, 0.1) is 5.01 Å². The van der Waals surface area contributed by atoms with Gasteiger partial charge in [-0.2, -0.15) is 0 Å². The summed E-state index contributed by atoms with van der Waals surface area (Å²) in [5.74, 6) is 0. The van der Waals surface area contributed by atoms with Crippen molar-refractivity contribution in [2.24, 2.45) is 0 Å². The molecule has 0 radical (unpaired) electrons. The van der Waals surface area contributed by atoms with Crippen LogP contribution in [0.4, 0.5) is 0 Å². The molecule has 1 aromatic heterocycles. The van der Waals surface area contributed by atoms with E-state index in [2.05, 4.69) is 24.1 Å². The average Bonchev–Trinajstić information content (AvgIpc) is 3.05. The number of thiazole rings is 1. The van der Waals surface area contributed by atoms with Crippen LogP contribution in [0.5, 0.6) is 0 Å². The maximum absolute atomic E-state index is 4.05. The fraction of sp³-hybridized carbons (Fsp3) is 0.769. The fourth-order valence-corrected chi connectivity index (χ4v) is 2.10. The quantitative estimate of drug-likeness (QED) is 0.851. The third-order valence-corrected chi connectivity index (χ3v) is 3.37. The van der Waals surface area contributed by atoms with E-state index in [9.17, 15) is 0 Å². The molecule has 3 heteroatoms. The van der Waals surface area contributed by atoms with Crippen molar-refractivity contribution in [3.8, 4) is 0 Å². The summed E-state index contributed by atoms with van der Waals surface area (Å²) < 4.78 is 0. The minimum atomic E-state index is 0.847. The van der Waals surface area contributed by atoms with Gasteiger partial charge < -0.3 is 5.32 Å². The second kappa shape index (κ2) is 11.1. The van der Waals surface area contributed by atoms with Crippen molar-refractivity contribution in [3.05, 3.63) is 16.6 Å². The third-order valence-electron chi connectivity index (χ3n) is 2.44. The molecule has 0 amide bonds. The summed E-state index contributed by atoms with van der Waals surface area (Å²) >= 11 is 1.71. The summed E-state index contributed by atoms with van der Waals surface area (Å²) in [4.78, 5) is 4.05. The van der Waals surface area contributed by atoms with E-state index in [1.54, 1.807) is 11.3 Å². The minimum Gasteiger partial charge on any atom is -0.314 e. The fourth-order valence-electron chi connectivity index (χ4n) is 1.53. The highest BCUT2D eigenvalue weighted by Gasteiger charge is 2.09. The van der Waals surface area contributed by atoms with Crippen LogP contribution < -0.4 is 5.32 Å². The number of nitrogens with one attached hydrogen (secondary N) is 1. The van der Waals surface area contributed by atoms with Crippen molar-refractivity contribution < 1.29 is 0 Å². The molecule has 1 fully saturated rings. The maximum atomic E-state index is 4.05. The summed E-state index contributed by atoms with van der Waals surface area (Å²) in [5, 5.41) is 6.63. The number of aromatic nitrogens is 1. The van der Waals surface area contributed by atoms with Crippen LogP contribution in [-0.2, 0) is 6.42 Å². The molecule has 1 saturated heterocycles. The van der Waals surface area contributed by atoms with Gasteiger partial charge in [0, 0.05) is 17.6 Å². The van der Waals surface area contributed by atoms with Crippen molar-refractivity contribution >= 4 is 11.3 Å². The van der Waals surface area contributed by atoms with Crippen LogP contribution in [-0.4, -0.2) is 17.6 Å². The Bertz CT molecular complexity index is 216. The molecule has 2 heterocycles. The maximum Gasteiger partial charge on any atom is 0.0922 e. The molecule has 1 aliphatic rings. The number of rotatable bonds is 2. The number of hydrogen-bond donors (Lipinski definition) is 1. The van der Waals surface area contributed by atoms with E-state index in [-0.39, 0.29) is 0 Å². The Morgan fingerprint density at radius 3 is 2.44 bits per heavy atom. The Balaban J connectivity index is 0.000000244. The number of hydrogen-bond acceptors (Lipinski definition) is 3. The molecular weight excluding hydrogens is 216 g/mol. The molecule has 1 N–H and O–H groups in total. The smallest absolute Gasteiger partial charge is 0.0922 e. The zero-order valence-corrected chi connectivity index (χ0v) is 11.9. The van der Waals surface area contributed by atoms with E-state index in [1.165, 1.54) is 30.8 Å². The lowest BCUT2D eigenvalue weighted by molar-refractivity contribution is 0.587. The lowest BCUT2D eigenvalue weighted by atomic mass is 10.2. The highest BCUT2D eigenvalue weighted by Crippen LogP contribution is 2.06. The molecule has 94 valence electrons. The van der Waals surface area contributed by atoms with Gasteiger partial charge in [-0.25, -0.2) is 4.98 Å². The molecule has 0 aromatic carbocycles. The predicted octanol–water partition coefficient (Wildman–Crippen LogP) is 3.88. The number of nitrogens with zero attached hydrogens (tertiary/aromatic N) is 1. The summed E-state index contributed by atoms with van der Waals surface area (Å²) in [6, 6.07) is 0.847.